The molecule has 0 saturated carbocycles. The minimum atomic E-state index is -3.41. The van der Waals surface area contributed by atoms with Crippen LogP contribution in [0.15, 0.2) is 30.3 Å². The van der Waals surface area contributed by atoms with Crippen LogP contribution in [-0.2, 0) is 19.4 Å². The van der Waals surface area contributed by atoms with E-state index in [2.05, 4.69) is 5.32 Å². The minimum absolute atomic E-state index is 0.0137. The summed E-state index contributed by atoms with van der Waals surface area (Å²) in [5.41, 5.74) is 0.779. The van der Waals surface area contributed by atoms with Crippen molar-refractivity contribution in [2.24, 2.45) is 5.92 Å². The van der Waals surface area contributed by atoms with Crippen LogP contribution in [0.5, 0.6) is 0 Å². The molecule has 126 valence electrons. The van der Waals surface area contributed by atoms with Crippen LogP contribution in [0.3, 0.4) is 0 Å². The van der Waals surface area contributed by atoms with Crippen molar-refractivity contribution in [3.05, 3.63) is 30.3 Å². The molecule has 1 heterocycles. The SMILES string of the molecule is CC(C)CS(=O)(=O)CC(=O)N[C@@H]1CC(=O)N(c2ccccc2)C1. The minimum Gasteiger partial charge on any atom is -0.350 e. The number of carbonyl (C=O) groups excluding carboxylic acids is 2. The van der Waals surface area contributed by atoms with Crippen LogP contribution in [0, 0.1) is 5.92 Å². The molecule has 1 aromatic carbocycles. The van der Waals surface area contributed by atoms with Crippen molar-refractivity contribution in [2.45, 2.75) is 26.3 Å². The van der Waals surface area contributed by atoms with E-state index in [1.807, 2.05) is 30.3 Å². The predicted molar refractivity (Wildman–Crippen MR) is 88.8 cm³/mol. The zero-order valence-electron chi connectivity index (χ0n) is 13.4. The Morgan fingerprint density at radius 1 is 1.30 bits per heavy atom. The van der Waals surface area contributed by atoms with E-state index in [1.54, 1.807) is 18.7 Å². The zero-order valence-corrected chi connectivity index (χ0v) is 14.2. The van der Waals surface area contributed by atoms with E-state index in [-0.39, 0.29) is 30.0 Å². The van der Waals surface area contributed by atoms with Crippen LogP contribution >= 0.6 is 0 Å². The second-order valence-electron chi connectivity index (χ2n) is 6.26. The molecule has 1 saturated heterocycles. The fraction of sp³-hybridized carbons (Fsp3) is 0.500. The summed E-state index contributed by atoms with van der Waals surface area (Å²) in [4.78, 5) is 25.6. The standard InChI is InChI=1S/C16H22N2O4S/c1-12(2)10-23(21,22)11-15(19)17-13-8-16(20)18(9-13)14-6-4-3-5-7-14/h3-7,12-13H,8-11H2,1-2H3,(H,17,19)/t13-/m1/s1. The lowest BCUT2D eigenvalue weighted by atomic mass is 10.2. The molecule has 23 heavy (non-hydrogen) atoms. The molecule has 1 atom stereocenters. The topological polar surface area (TPSA) is 83.5 Å². The number of amides is 2. The van der Waals surface area contributed by atoms with Gasteiger partial charge in [0.2, 0.25) is 11.8 Å². The number of carbonyl (C=O) groups is 2. The average molecular weight is 338 g/mol. The molecule has 0 aliphatic carbocycles. The second-order valence-corrected chi connectivity index (χ2v) is 8.37. The van der Waals surface area contributed by atoms with E-state index in [0.29, 0.717) is 6.54 Å². The Labute approximate surface area is 136 Å². The molecule has 1 aliphatic heterocycles. The van der Waals surface area contributed by atoms with Gasteiger partial charge < -0.3 is 10.2 Å². The van der Waals surface area contributed by atoms with Gasteiger partial charge in [0.15, 0.2) is 9.84 Å². The zero-order chi connectivity index (χ0) is 17.0. The van der Waals surface area contributed by atoms with E-state index in [4.69, 9.17) is 0 Å². The Kier molecular flexibility index (Phi) is 5.41. The smallest absolute Gasteiger partial charge is 0.235 e. The van der Waals surface area contributed by atoms with Crippen LogP contribution in [0.2, 0.25) is 0 Å². The maximum absolute atomic E-state index is 12.1. The number of hydrogen-bond donors (Lipinski definition) is 1. The lowest BCUT2D eigenvalue weighted by molar-refractivity contribution is -0.119. The molecule has 1 aliphatic rings. The molecule has 0 radical (unpaired) electrons. The molecule has 2 amide bonds. The van der Waals surface area contributed by atoms with Crippen molar-refractivity contribution in [3.63, 3.8) is 0 Å². The van der Waals surface area contributed by atoms with Gasteiger partial charge >= 0.3 is 0 Å². The molecule has 6 nitrogen and oxygen atoms in total. The fourth-order valence-electron chi connectivity index (χ4n) is 2.70. The molecular formula is C16H22N2O4S. The molecule has 1 fully saturated rings. The maximum Gasteiger partial charge on any atom is 0.235 e. The van der Waals surface area contributed by atoms with Crippen LogP contribution < -0.4 is 10.2 Å². The highest BCUT2D eigenvalue weighted by molar-refractivity contribution is 7.92. The summed E-state index contributed by atoms with van der Waals surface area (Å²) < 4.78 is 23.7. The van der Waals surface area contributed by atoms with Gasteiger partial charge in [0.25, 0.3) is 0 Å². The molecule has 0 spiro atoms. The first-order valence-electron chi connectivity index (χ1n) is 7.62. The number of nitrogens with zero attached hydrogens (tertiary/aromatic N) is 1. The number of para-hydroxylation sites is 1. The van der Waals surface area contributed by atoms with E-state index in [1.165, 1.54) is 0 Å². The van der Waals surface area contributed by atoms with E-state index in [9.17, 15) is 18.0 Å². The lowest BCUT2D eigenvalue weighted by Crippen LogP contribution is -2.40. The monoisotopic (exact) mass is 338 g/mol. The van der Waals surface area contributed by atoms with Crippen molar-refractivity contribution in [2.75, 3.05) is 23.0 Å². The first kappa shape index (κ1) is 17.5. The molecule has 0 bridgehead atoms. The van der Waals surface area contributed by atoms with Crippen molar-refractivity contribution in [3.8, 4) is 0 Å². The quantitative estimate of drug-likeness (QED) is 0.838. The Bertz CT molecular complexity index is 671. The van der Waals surface area contributed by atoms with Crippen LogP contribution in [-0.4, -0.2) is 44.3 Å². The van der Waals surface area contributed by atoms with Crippen molar-refractivity contribution < 1.29 is 18.0 Å². The third-order valence-corrected chi connectivity index (χ3v) is 5.37. The number of nitrogens with one attached hydrogen (secondary N) is 1. The number of sulfone groups is 1. The molecule has 1 N–H and O–H groups in total. The second kappa shape index (κ2) is 7.12. The van der Waals surface area contributed by atoms with Crippen LogP contribution in [0.25, 0.3) is 0 Å². The highest BCUT2D eigenvalue weighted by Crippen LogP contribution is 2.21. The average Bonchev–Trinajstić information content (AvgIpc) is 2.77. The third kappa shape index (κ3) is 5.06. The van der Waals surface area contributed by atoms with Gasteiger partial charge in [-0.05, 0) is 18.1 Å². The van der Waals surface area contributed by atoms with E-state index >= 15 is 0 Å². The summed E-state index contributed by atoms with van der Waals surface area (Å²) in [6.07, 6.45) is 0.185. The Balaban J connectivity index is 1.92. The molecule has 0 unspecified atom stereocenters. The fourth-order valence-corrected chi connectivity index (χ4v) is 4.31. The number of rotatable bonds is 6. The number of benzene rings is 1. The van der Waals surface area contributed by atoms with Crippen molar-refractivity contribution >= 4 is 27.3 Å². The largest absolute Gasteiger partial charge is 0.350 e. The first-order chi connectivity index (χ1) is 10.8. The van der Waals surface area contributed by atoms with E-state index < -0.39 is 21.5 Å². The molecule has 1 aromatic rings. The first-order valence-corrected chi connectivity index (χ1v) is 9.44. The lowest BCUT2D eigenvalue weighted by Gasteiger charge is -2.17. The Morgan fingerprint density at radius 3 is 2.57 bits per heavy atom. The summed E-state index contributed by atoms with van der Waals surface area (Å²) in [5.74, 6) is -1.18. The maximum atomic E-state index is 12.1. The van der Waals surface area contributed by atoms with Gasteiger partial charge in [-0.2, -0.15) is 0 Å². The molecular weight excluding hydrogens is 316 g/mol. The predicted octanol–water partition coefficient (Wildman–Crippen LogP) is 0.979. The molecule has 7 heteroatoms. The Morgan fingerprint density at radius 2 is 1.96 bits per heavy atom. The van der Waals surface area contributed by atoms with Gasteiger partial charge in [0.1, 0.15) is 5.75 Å². The summed E-state index contributed by atoms with van der Waals surface area (Å²) >= 11 is 0. The summed E-state index contributed by atoms with van der Waals surface area (Å²) in [5, 5.41) is 2.66. The van der Waals surface area contributed by atoms with Gasteiger partial charge in [-0.3, -0.25) is 9.59 Å². The van der Waals surface area contributed by atoms with Crippen LogP contribution in [0.4, 0.5) is 5.69 Å². The van der Waals surface area contributed by atoms with Crippen molar-refractivity contribution in [1.82, 2.24) is 5.32 Å². The van der Waals surface area contributed by atoms with Crippen molar-refractivity contribution in [1.29, 1.82) is 0 Å². The van der Waals surface area contributed by atoms with E-state index in [0.717, 1.165) is 5.69 Å². The summed E-state index contributed by atoms with van der Waals surface area (Å²) in [7, 11) is -3.41. The van der Waals surface area contributed by atoms with Crippen LogP contribution in [0.1, 0.15) is 20.3 Å². The summed E-state index contributed by atoms with van der Waals surface area (Å²) in [6, 6.07) is 8.84. The summed E-state index contributed by atoms with van der Waals surface area (Å²) in [6.45, 7) is 3.95. The highest BCUT2D eigenvalue weighted by Gasteiger charge is 2.32. The third-order valence-electron chi connectivity index (χ3n) is 3.50. The number of anilines is 1. The Hall–Kier alpha value is -1.89. The molecule has 0 aromatic heterocycles. The number of hydrogen-bond acceptors (Lipinski definition) is 4. The van der Waals surface area contributed by atoms with Gasteiger partial charge in [-0.25, -0.2) is 8.42 Å². The van der Waals surface area contributed by atoms with Gasteiger partial charge in [0.05, 0.1) is 11.8 Å². The molecule has 2 rings (SSSR count). The highest BCUT2D eigenvalue weighted by atomic mass is 32.2. The van der Waals surface area contributed by atoms with Gasteiger partial charge in [-0.15, -0.1) is 0 Å². The van der Waals surface area contributed by atoms with Gasteiger partial charge in [-0.1, -0.05) is 32.0 Å². The van der Waals surface area contributed by atoms with Gasteiger partial charge in [0, 0.05) is 18.7 Å². The normalized spacial score (nSPS) is 18.5.